The van der Waals surface area contributed by atoms with Crippen LogP contribution in [0.1, 0.15) is 47.2 Å². The molecule has 1 amide bonds. The Kier molecular flexibility index (Phi) is 8.78. The van der Waals surface area contributed by atoms with Crippen molar-refractivity contribution in [2.24, 2.45) is 0 Å². The number of methoxy groups -OCH3 is 1. The van der Waals surface area contributed by atoms with E-state index in [-0.39, 0.29) is 28.7 Å². The van der Waals surface area contributed by atoms with Crippen molar-refractivity contribution < 1.29 is 27.1 Å². The van der Waals surface area contributed by atoms with E-state index in [1.807, 2.05) is 0 Å². The number of hydrogen-bond donors (Lipinski definition) is 1. The molecule has 1 aliphatic heterocycles. The Hall–Kier alpha value is -3.43. The summed E-state index contributed by atoms with van der Waals surface area (Å²) < 4.78 is 52.8. The van der Waals surface area contributed by atoms with Gasteiger partial charge in [-0.15, -0.1) is 0 Å². The first-order chi connectivity index (χ1) is 17.9. The standard InChI is InChI=1S/C28H31FN2O5S/c1-35-27-15-14-25(18-26(27)28(32)31-16-4-2-3-5-17-31)37(33,34)30-19-21-8-12-24(13-9-21)36-20-22-6-10-23(29)11-7-22/h6-15,18,30H,2-5,16-17,19-20H2,1H3. The van der Waals surface area contributed by atoms with E-state index in [9.17, 15) is 17.6 Å². The van der Waals surface area contributed by atoms with Gasteiger partial charge in [-0.3, -0.25) is 4.79 Å². The number of likely N-dealkylation sites (tertiary alicyclic amines) is 1. The average molecular weight is 527 g/mol. The number of rotatable bonds is 9. The highest BCUT2D eigenvalue weighted by atomic mass is 32.2. The Bertz CT molecular complexity index is 1300. The lowest BCUT2D eigenvalue weighted by atomic mass is 10.1. The highest BCUT2D eigenvalue weighted by Gasteiger charge is 2.24. The zero-order valence-corrected chi connectivity index (χ0v) is 21.6. The molecule has 0 atom stereocenters. The summed E-state index contributed by atoms with van der Waals surface area (Å²) in [6.07, 6.45) is 4.04. The molecule has 9 heteroatoms. The number of carbonyl (C=O) groups is 1. The van der Waals surface area contributed by atoms with E-state index in [4.69, 9.17) is 9.47 Å². The second-order valence-electron chi connectivity index (χ2n) is 8.95. The SMILES string of the molecule is COc1ccc(S(=O)(=O)NCc2ccc(OCc3ccc(F)cc3)cc2)cc1C(=O)N1CCCCCC1. The Morgan fingerprint density at radius 1 is 0.919 bits per heavy atom. The largest absolute Gasteiger partial charge is 0.496 e. The molecule has 1 fully saturated rings. The van der Waals surface area contributed by atoms with E-state index < -0.39 is 10.0 Å². The average Bonchev–Trinajstić information content (AvgIpc) is 3.21. The molecule has 37 heavy (non-hydrogen) atoms. The third kappa shape index (κ3) is 7.08. The number of ether oxygens (including phenoxy) is 2. The predicted molar refractivity (Wildman–Crippen MR) is 139 cm³/mol. The van der Waals surface area contributed by atoms with Crippen LogP contribution < -0.4 is 14.2 Å². The fourth-order valence-electron chi connectivity index (χ4n) is 4.18. The maximum absolute atomic E-state index is 13.2. The lowest BCUT2D eigenvalue weighted by molar-refractivity contribution is 0.0758. The van der Waals surface area contributed by atoms with Crippen molar-refractivity contribution in [3.63, 3.8) is 0 Å². The summed E-state index contributed by atoms with van der Waals surface area (Å²) >= 11 is 0. The molecule has 0 aliphatic carbocycles. The number of nitrogens with zero attached hydrogens (tertiary/aromatic N) is 1. The van der Waals surface area contributed by atoms with Crippen LogP contribution in [0.5, 0.6) is 11.5 Å². The Balaban J connectivity index is 1.40. The quantitative estimate of drug-likeness (QED) is 0.428. The molecule has 4 rings (SSSR count). The minimum atomic E-state index is -3.88. The van der Waals surface area contributed by atoms with Gasteiger partial charge in [-0.25, -0.2) is 17.5 Å². The molecule has 196 valence electrons. The topological polar surface area (TPSA) is 84.9 Å². The smallest absolute Gasteiger partial charge is 0.257 e. The van der Waals surface area contributed by atoms with Crippen molar-refractivity contribution in [1.29, 1.82) is 0 Å². The van der Waals surface area contributed by atoms with Crippen LogP contribution in [-0.4, -0.2) is 39.4 Å². The van der Waals surface area contributed by atoms with Crippen LogP contribution in [0.25, 0.3) is 0 Å². The lowest BCUT2D eigenvalue weighted by Crippen LogP contribution is -2.32. The molecule has 3 aromatic rings. The second kappa shape index (κ2) is 12.2. The van der Waals surface area contributed by atoms with Crippen molar-refractivity contribution in [2.45, 2.75) is 43.7 Å². The number of carbonyl (C=O) groups excluding carboxylic acids is 1. The van der Waals surface area contributed by atoms with Crippen LogP contribution in [0.2, 0.25) is 0 Å². The van der Waals surface area contributed by atoms with E-state index in [2.05, 4.69) is 4.72 Å². The Labute approximate surface area is 217 Å². The van der Waals surface area contributed by atoms with Crippen LogP contribution in [0.3, 0.4) is 0 Å². The molecule has 1 heterocycles. The molecular weight excluding hydrogens is 495 g/mol. The zero-order chi connectivity index (χ0) is 26.3. The van der Waals surface area contributed by atoms with Crippen molar-refractivity contribution in [2.75, 3.05) is 20.2 Å². The molecule has 7 nitrogen and oxygen atoms in total. The van der Waals surface area contributed by atoms with Gasteiger partial charge in [0, 0.05) is 19.6 Å². The predicted octanol–water partition coefficient (Wildman–Crippen LogP) is 4.91. The van der Waals surface area contributed by atoms with Crippen LogP contribution >= 0.6 is 0 Å². The van der Waals surface area contributed by atoms with Gasteiger partial charge in [0.25, 0.3) is 5.91 Å². The van der Waals surface area contributed by atoms with Gasteiger partial charge >= 0.3 is 0 Å². The van der Waals surface area contributed by atoms with Gasteiger partial charge in [0.05, 0.1) is 17.6 Å². The monoisotopic (exact) mass is 526 g/mol. The molecule has 1 saturated heterocycles. The summed E-state index contributed by atoms with van der Waals surface area (Å²) in [5.74, 6) is 0.449. The minimum absolute atomic E-state index is 0.00530. The summed E-state index contributed by atoms with van der Waals surface area (Å²) in [5, 5.41) is 0. The lowest BCUT2D eigenvalue weighted by Gasteiger charge is -2.22. The van der Waals surface area contributed by atoms with E-state index in [0.717, 1.165) is 36.8 Å². The van der Waals surface area contributed by atoms with Crippen molar-refractivity contribution in [3.8, 4) is 11.5 Å². The van der Waals surface area contributed by atoms with E-state index in [1.165, 1.54) is 37.4 Å². The molecule has 0 saturated carbocycles. The van der Waals surface area contributed by atoms with Gasteiger partial charge in [-0.05, 0) is 66.4 Å². The van der Waals surface area contributed by atoms with Gasteiger partial charge in [0.15, 0.2) is 0 Å². The number of nitrogens with one attached hydrogen (secondary N) is 1. The number of amides is 1. The first-order valence-electron chi connectivity index (χ1n) is 12.3. The zero-order valence-electron chi connectivity index (χ0n) is 20.8. The van der Waals surface area contributed by atoms with Crippen LogP contribution in [0, 0.1) is 5.82 Å². The molecule has 0 spiro atoms. The molecule has 1 aliphatic rings. The third-order valence-corrected chi connectivity index (χ3v) is 7.71. The van der Waals surface area contributed by atoms with Gasteiger partial charge in [-0.2, -0.15) is 0 Å². The van der Waals surface area contributed by atoms with Crippen LogP contribution in [0.4, 0.5) is 4.39 Å². The summed E-state index contributed by atoms with van der Waals surface area (Å²) in [5.41, 5.74) is 1.83. The van der Waals surface area contributed by atoms with E-state index in [1.54, 1.807) is 41.3 Å². The number of sulfonamides is 1. The molecule has 0 radical (unpaired) electrons. The molecule has 1 N–H and O–H groups in total. The number of halogens is 1. The van der Waals surface area contributed by atoms with Crippen molar-refractivity contribution in [1.82, 2.24) is 9.62 Å². The Morgan fingerprint density at radius 2 is 1.57 bits per heavy atom. The van der Waals surface area contributed by atoms with E-state index >= 15 is 0 Å². The highest BCUT2D eigenvalue weighted by Crippen LogP contribution is 2.25. The number of hydrogen-bond acceptors (Lipinski definition) is 5. The molecule has 0 aromatic heterocycles. The molecular formula is C28H31FN2O5S. The van der Waals surface area contributed by atoms with Crippen LogP contribution in [0.15, 0.2) is 71.6 Å². The van der Waals surface area contributed by atoms with E-state index in [0.29, 0.717) is 31.2 Å². The maximum Gasteiger partial charge on any atom is 0.257 e. The first-order valence-corrected chi connectivity index (χ1v) is 13.8. The fourth-order valence-corrected chi connectivity index (χ4v) is 5.22. The second-order valence-corrected chi connectivity index (χ2v) is 10.7. The van der Waals surface area contributed by atoms with Crippen molar-refractivity contribution in [3.05, 3.63) is 89.2 Å². The molecule has 0 bridgehead atoms. The molecule has 0 unspecified atom stereocenters. The molecule has 3 aromatic carbocycles. The normalized spacial score (nSPS) is 14.2. The van der Waals surface area contributed by atoms with Crippen molar-refractivity contribution >= 4 is 15.9 Å². The summed E-state index contributed by atoms with van der Waals surface area (Å²) in [6.45, 7) is 1.67. The van der Waals surface area contributed by atoms with Gasteiger partial charge in [0.1, 0.15) is 23.9 Å². The first kappa shape index (κ1) is 26.6. The third-order valence-electron chi connectivity index (χ3n) is 6.31. The minimum Gasteiger partial charge on any atom is -0.496 e. The number of benzene rings is 3. The van der Waals surface area contributed by atoms with Crippen LogP contribution in [-0.2, 0) is 23.2 Å². The highest BCUT2D eigenvalue weighted by molar-refractivity contribution is 7.89. The summed E-state index contributed by atoms with van der Waals surface area (Å²) in [4.78, 5) is 15.0. The van der Waals surface area contributed by atoms with Gasteiger partial charge in [-0.1, -0.05) is 37.1 Å². The maximum atomic E-state index is 13.2. The fraction of sp³-hybridized carbons (Fsp3) is 0.321. The summed E-state index contributed by atoms with van der Waals surface area (Å²) in [7, 11) is -2.41. The van der Waals surface area contributed by atoms with Gasteiger partial charge in [0.2, 0.25) is 10.0 Å². The Morgan fingerprint density at radius 3 is 2.22 bits per heavy atom. The summed E-state index contributed by atoms with van der Waals surface area (Å²) in [6, 6.07) is 17.5. The van der Waals surface area contributed by atoms with Gasteiger partial charge < -0.3 is 14.4 Å².